The zero-order valence-corrected chi connectivity index (χ0v) is 36.4. The summed E-state index contributed by atoms with van der Waals surface area (Å²) >= 11 is 0. The summed E-state index contributed by atoms with van der Waals surface area (Å²) in [5, 5.41) is 9.63. The maximum Gasteiger partial charge on any atom is 0.306 e. The third-order valence-corrected chi connectivity index (χ3v) is 10.0. The first-order chi connectivity index (χ1) is 27.2. The zero-order valence-electron chi connectivity index (χ0n) is 36.4. The third kappa shape index (κ3) is 46.1. The Morgan fingerprint density at radius 1 is 0.455 bits per heavy atom. The molecule has 0 aromatic carbocycles. The van der Waals surface area contributed by atoms with Crippen molar-refractivity contribution in [3.05, 3.63) is 72.9 Å². The van der Waals surface area contributed by atoms with E-state index in [2.05, 4.69) is 86.8 Å². The van der Waals surface area contributed by atoms with Gasteiger partial charge in [0, 0.05) is 13.0 Å². The van der Waals surface area contributed by atoms with Gasteiger partial charge in [-0.2, -0.15) is 0 Å². The number of aliphatic hydroxyl groups excluding tert-OH is 1. The molecule has 0 aromatic heterocycles. The number of hydrogen-bond donors (Lipinski definition) is 1. The molecule has 0 rings (SSSR count). The van der Waals surface area contributed by atoms with E-state index in [0.29, 0.717) is 13.0 Å². The molecule has 0 spiro atoms. The Bertz CT molecular complexity index is 942. The molecule has 4 heteroatoms. The first-order valence-corrected chi connectivity index (χ1v) is 23.5. The van der Waals surface area contributed by atoms with Gasteiger partial charge in [0.15, 0.2) is 0 Å². The highest BCUT2D eigenvalue weighted by Gasteiger charge is 2.13. The molecule has 1 unspecified atom stereocenters. The van der Waals surface area contributed by atoms with Gasteiger partial charge in [0.2, 0.25) is 0 Å². The normalized spacial score (nSPS) is 13.0. The lowest BCUT2D eigenvalue weighted by Gasteiger charge is -2.16. The van der Waals surface area contributed by atoms with Crippen molar-refractivity contribution in [2.75, 3.05) is 19.8 Å². The maximum atomic E-state index is 12.2. The van der Waals surface area contributed by atoms with Crippen LogP contribution in [0.5, 0.6) is 0 Å². The van der Waals surface area contributed by atoms with E-state index in [1.165, 1.54) is 148 Å². The van der Waals surface area contributed by atoms with Gasteiger partial charge >= 0.3 is 5.97 Å². The Hall–Kier alpha value is -2.17. The molecule has 0 aliphatic rings. The van der Waals surface area contributed by atoms with Crippen LogP contribution in [0, 0.1) is 0 Å². The number of ether oxygens (including phenoxy) is 2. The Kier molecular flexibility index (Phi) is 46.1. The molecule has 0 amide bonds. The largest absolute Gasteiger partial charge is 0.457 e. The molecule has 0 aliphatic heterocycles. The summed E-state index contributed by atoms with van der Waals surface area (Å²) in [6, 6.07) is 0. The number of unbranched alkanes of at least 4 members (excludes halogenated alkanes) is 23. The number of carbonyl (C=O) groups is 1. The van der Waals surface area contributed by atoms with E-state index in [9.17, 15) is 9.90 Å². The lowest BCUT2D eigenvalue weighted by molar-refractivity contribution is -0.154. The van der Waals surface area contributed by atoms with Crippen LogP contribution in [0.2, 0.25) is 0 Å². The molecule has 0 heterocycles. The highest BCUT2D eigenvalue weighted by molar-refractivity contribution is 5.69. The molecule has 1 N–H and O–H groups in total. The van der Waals surface area contributed by atoms with Crippen LogP contribution in [0.4, 0.5) is 0 Å². The minimum atomic E-state index is -0.542. The molecule has 0 bridgehead atoms. The molecule has 0 aromatic rings. The second-order valence-electron chi connectivity index (χ2n) is 15.4. The molecular formula is C51H90O4. The number of carbonyl (C=O) groups excluding carboxylic acids is 1. The summed E-state index contributed by atoms with van der Waals surface area (Å²) in [6.07, 6.45) is 65.4. The van der Waals surface area contributed by atoms with Gasteiger partial charge in [0.1, 0.15) is 6.10 Å². The van der Waals surface area contributed by atoms with Crippen molar-refractivity contribution in [3.63, 3.8) is 0 Å². The van der Waals surface area contributed by atoms with E-state index in [4.69, 9.17) is 9.47 Å². The third-order valence-electron chi connectivity index (χ3n) is 10.0. The van der Waals surface area contributed by atoms with Crippen molar-refractivity contribution in [3.8, 4) is 0 Å². The second-order valence-corrected chi connectivity index (χ2v) is 15.4. The van der Waals surface area contributed by atoms with Gasteiger partial charge in [0.25, 0.3) is 0 Å². The molecule has 0 aliphatic carbocycles. The van der Waals surface area contributed by atoms with Crippen LogP contribution in [0.1, 0.15) is 219 Å². The number of allylic oxidation sites excluding steroid dienone is 12. The van der Waals surface area contributed by atoms with E-state index in [1.807, 2.05) is 0 Å². The monoisotopic (exact) mass is 767 g/mol. The maximum absolute atomic E-state index is 12.2. The summed E-state index contributed by atoms with van der Waals surface area (Å²) in [5.74, 6) is -0.206. The lowest BCUT2D eigenvalue weighted by atomic mass is 10.0. The topological polar surface area (TPSA) is 55.8 Å². The number of esters is 1. The van der Waals surface area contributed by atoms with Crippen molar-refractivity contribution in [1.82, 2.24) is 0 Å². The lowest BCUT2D eigenvalue weighted by Crippen LogP contribution is -2.27. The molecule has 55 heavy (non-hydrogen) atoms. The van der Waals surface area contributed by atoms with E-state index < -0.39 is 6.10 Å². The fraction of sp³-hybridized carbons (Fsp3) is 0.745. The van der Waals surface area contributed by atoms with Gasteiger partial charge < -0.3 is 14.6 Å². The number of rotatable bonds is 43. The highest BCUT2D eigenvalue weighted by atomic mass is 16.6. The quantitative estimate of drug-likeness (QED) is 0.0381. The van der Waals surface area contributed by atoms with Crippen LogP contribution in [-0.4, -0.2) is 37.0 Å². The van der Waals surface area contributed by atoms with Gasteiger partial charge in [-0.1, -0.05) is 202 Å². The first-order valence-electron chi connectivity index (χ1n) is 23.5. The molecule has 0 fully saturated rings. The molecule has 4 nitrogen and oxygen atoms in total. The Balaban J connectivity index is 3.44. The summed E-state index contributed by atoms with van der Waals surface area (Å²) < 4.78 is 11.2. The number of hydrogen-bond acceptors (Lipinski definition) is 4. The Morgan fingerprint density at radius 2 is 0.818 bits per heavy atom. The predicted octanol–water partition coefficient (Wildman–Crippen LogP) is 15.8. The summed E-state index contributed by atoms with van der Waals surface area (Å²) in [7, 11) is 0. The predicted molar refractivity (Wildman–Crippen MR) is 242 cm³/mol. The van der Waals surface area contributed by atoms with Crippen molar-refractivity contribution < 1.29 is 19.4 Å². The molecule has 0 radical (unpaired) electrons. The van der Waals surface area contributed by atoms with Gasteiger partial charge in [-0.3, -0.25) is 4.79 Å². The van der Waals surface area contributed by atoms with E-state index in [1.54, 1.807) is 0 Å². The molecule has 318 valence electrons. The molecule has 0 saturated carbocycles. The standard InChI is InChI=1S/C51H90O4/c1-3-5-7-9-11-13-15-17-19-21-23-24-25-26-27-28-29-30-32-34-36-38-40-42-44-46-51(53)55-50(48-52)49-54-47-45-43-41-39-37-35-33-31-22-20-18-16-14-12-10-8-6-4-2/h5,7,11-14,17-20,23-24,50,52H,3-4,6,8-10,15-16,21-22,25-49H2,1-2H3/b7-5-,13-11-,14-12-,19-17-,20-18-,24-23-. The Labute approximate surface area is 342 Å². The SMILES string of the molecule is CC/C=C\C/C=C\C/C=C\C/C=C\CCCCCCCCCCCCCCC(=O)OC(CO)COCCCCCCCCCC/C=C\C/C=C\CCCCC. The fourth-order valence-corrected chi connectivity index (χ4v) is 6.53. The highest BCUT2D eigenvalue weighted by Crippen LogP contribution is 2.14. The van der Waals surface area contributed by atoms with Crippen LogP contribution in [0.3, 0.4) is 0 Å². The minimum absolute atomic E-state index is 0.177. The van der Waals surface area contributed by atoms with Gasteiger partial charge in [-0.15, -0.1) is 0 Å². The van der Waals surface area contributed by atoms with Crippen LogP contribution in [-0.2, 0) is 14.3 Å². The second kappa shape index (κ2) is 48.0. The summed E-state index contributed by atoms with van der Waals surface area (Å²) in [5.41, 5.74) is 0. The van der Waals surface area contributed by atoms with Crippen molar-refractivity contribution in [2.45, 2.75) is 225 Å². The molecular weight excluding hydrogens is 677 g/mol. The summed E-state index contributed by atoms with van der Waals surface area (Å²) in [6.45, 7) is 5.21. The van der Waals surface area contributed by atoms with Gasteiger partial charge in [0.05, 0.1) is 13.2 Å². The average Bonchev–Trinajstić information content (AvgIpc) is 3.19. The van der Waals surface area contributed by atoms with Crippen LogP contribution in [0.15, 0.2) is 72.9 Å². The van der Waals surface area contributed by atoms with Crippen molar-refractivity contribution in [1.29, 1.82) is 0 Å². The van der Waals surface area contributed by atoms with Crippen LogP contribution in [0.25, 0.3) is 0 Å². The minimum Gasteiger partial charge on any atom is -0.457 e. The van der Waals surface area contributed by atoms with E-state index in [-0.39, 0.29) is 19.2 Å². The van der Waals surface area contributed by atoms with Crippen molar-refractivity contribution >= 4 is 5.97 Å². The van der Waals surface area contributed by atoms with Crippen molar-refractivity contribution in [2.24, 2.45) is 0 Å². The smallest absolute Gasteiger partial charge is 0.306 e. The zero-order chi connectivity index (χ0) is 39.8. The Morgan fingerprint density at radius 3 is 1.24 bits per heavy atom. The van der Waals surface area contributed by atoms with Crippen LogP contribution >= 0.6 is 0 Å². The molecule has 0 saturated heterocycles. The van der Waals surface area contributed by atoms with Gasteiger partial charge in [-0.25, -0.2) is 0 Å². The fourth-order valence-electron chi connectivity index (χ4n) is 6.53. The molecule has 1 atom stereocenters. The average molecular weight is 767 g/mol. The summed E-state index contributed by atoms with van der Waals surface area (Å²) in [4.78, 5) is 12.2. The first kappa shape index (κ1) is 52.8. The number of aliphatic hydroxyl groups is 1. The van der Waals surface area contributed by atoms with Crippen LogP contribution < -0.4 is 0 Å². The van der Waals surface area contributed by atoms with Gasteiger partial charge in [-0.05, 0) is 83.5 Å². The van der Waals surface area contributed by atoms with E-state index in [0.717, 1.165) is 51.4 Å². The van der Waals surface area contributed by atoms with E-state index >= 15 is 0 Å².